The van der Waals surface area contributed by atoms with Crippen molar-refractivity contribution in [3.05, 3.63) is 54.1 Å². The number of hydrogen-bond donors (Lipinski definition) is 1. The molecule has 6 nitrogen and oxygen atoms in total. The normalized spacial score (nSPS) is 23.2. The fourth-order valence-corrected chi connectivity index (χ4v) is 5.75. The first kappa shape index (κ1) is 18.0. The Bertz CT molecular complexity index is 963. The summed E-state index contributed by atoms with van der Waals surface area (Å²) in [5.74, 6) is -0.0988. The molecule has 4 rings (SSSR count). The van der Waals surface area contributed by atoms with E-state index in [-0.39, 0.29) is 29.3 Å². The summed E-state index contributed by atoms with van der Waals surface area (Å²) in [4.78, 5) is 14.1. The number of piperazine rings is 1. The number of nitrogens with zero attached hydrogens (tertiary/aromatic N) is 2. The van der Waals surface area contributed by atoms with Gasteiger partial charge in [0.15, 0.2) is 0 Å². The van der Waals surface area contributed by atoms with Crippen LogP contribution in [0.2, 0.25) is 0 Å². The lowest BCUT2D eigenvalue weighted by Crippen LogP contribution is -2.58. The molecule has 1 N–H and O–H groups in total. The molecule has 0 aromatic heterocycles. The lowest BCUT2D eigenvalue weighted by molar-refractivity contribution is -0.115. The van der Waals surface area contributed by atoms with E-state index < -0.39 is 10.0 Å². The summed E-state index contributed by atoms with van der Waals surface area (Å²) >= 11 is 0. The van der Waals surface area contributed by atoms with Crippen molar-refractivity contribution < 1.29 is 13.2 Å². The van der Waals surface area contributed by atoms with E-state index in [0.717, 1.165) is 11.3 Å². The minimum atomic E-state index is -3.60. The maximum atomic E-state index is 13.2. The van der Waals surface area contributed by atoms with Crippen molar-refractivity contribution in [1.29, 1.82) is 0 Å². The summed E-state index contributed by atoms with van der Waals surface area (Å²) in [6.45, 7) is 4.96. The summed E-state index contributed by atoms with van der Waals surface area (Å²) < 4.78 is 28.0. The van der Waals surface area contributed by atoms with Gasteiger partial charge in [-0.3, -0.25) is 4.79 Å². The fraction of sp³-hybridized carbons (Fsp3) is 0.350. The molecule has 2 unspecified atom stereocenters. The Labute approximate surface area is 159 Å². The first-order valence-electron chi connectivity index (χ1n) is 9.12. The second-order valence-electron chi connectivity index (χ2n) is 7.31. The van der Waals surface area contributed by atoms with Gasteiger partial charge in [-0.05, 0) is 49.7 Å². The predicted octanol–water partition coefficient (Wildman–Crippen LogP) is 2.47. The summed E-state index contributed by atoms with van der Waals surface area (Å²) in [6.07, 6.45) is 0.229. The molecule has 0 spiro atoms. The molecule has 2 aromatic carbocycles. The van der Waals surface area contributed by atoms with E-state index in [1.165, 1.54) is 0 Å². The van der Waals surface area contributed by atoms with E-state index in [0.29, 0.717) is 18.8 Å². The van der Waals surface area contributed by atoms with Gasteiger partial charge >= 0.3 is 0 Å². The van der Waals surface area contributed by atoms with E-state index in [4.69, 9.17) is 0 Å². The third-order valence-electron chi connectivity index (χ3n) is 5.28. The number of hydrogen-bond acceptors (Lipinski definition) is 4. The molecule has 2 aliphatic rings. The smallest absolute Gasteiger partial charge is 0.243 e. The summed E-state index contributed by atoms with van der Waals surface area (Å²) in [5, 5.41) is 2.74. The lowest BCUT2D eigenvalue weighted by Gasteiger charge is -2.45. The van der Waals surface area contributed by atoms with E-state index in [1.54, 1.807) is 22.5 Å². The van der Waals surface area contributed by atoms with Crippen molar-refractivity contribution >= 4 is 27.3 Å². The quantitative estimate of drug-likeness (QED) is 0.881. The number of para-hydroxylation sites is 1. The predicted molar refractivity (Wildman–Crippen MR) is 105 cm³/mol. The molecule has 0 radical (unpaired) electrons. The molecule has 0 bridgehead atoms. The van der Waals surface area contributed by atoms with Gasteiger partial charge in [0.05, 0.1) is 11.3 Å². The van der Waals surface area contributed by atoms with Crippen molar-refractivity contribution in [3.8, 4) is 0 Å². The van der Waals surface area contributed by atoms with Crippen molar-refractivity contribution in [3.63, 3.8) is 0 Å². The molecule has 7 heteroatoms. The van der Waals surface area contributed by atoms with Gasteiger partial charge < -0.3 is 10.2 Å². The van der Waals surface area contributed by atoms with Crippen molar-refractivity contribution in [2.75, 3.05) is 23.3 Å². The maximum Gasteiger partial charge on any atom is 0.243 e. The molecule has 0 saturated carbocycles. The zero-order chi connectivity index (χ0) is 19.2. The third kappa shape index (κ3) is 3.21. The van der Waals surface area contributed by atoms with Crippen LogP contribution in [0.4, 0.5) is 11.4 Å². The Morgan fingerprint density at radius 3 is 2.33 bits per heavy atom. The minimum absolute atomic E-state index is 0.0589. The van der Waals surface area contributed by atoms with Crippen LogP contribution in [-0.4, -0.2) is 43.8 Å². The topological polar surface area (TPSA) is 69.7 Å². The Morgan fingerprint density at radius 1 is 1.00 bits per heavy atom. The molecule has 2 atom stereocenters. The number of fused-ring (bicyclic) bond motifs is 1. The largest absolute Gasteiger partial charge is 0.363 e. The van der Waals surface area contributed by atoms with Crippen molar-refractivity contribution in [1.82, 2.24) is 4.31 Å². The average Bonchev–Trinajstić information content (AvgIpc) is 3.01. The van der Waals surface area contributed by atoms with Crippen LogP contribution in [0.15, 0.2) is 53.4 Å². The second-order valence-corrected chi connectivity index (χ2v) is 9.24. The molecular formula is C20H23N3O3S. The zero-order valence-corrected chi connectivity index (χ0v) is 16.2. The van der Waals surface area contributed by atoms with Gasteiger partial charge in [-0.25, -0.2) is 8.42 Å². The number of carbonyl (C=O) groups excluding carboxylic acids is 1. The van der Waals surface area contributed by atoms with Gasteiger partial charge in [-0.2, -0.15) is 4.31 Å². The monoisotopic (exact) mass is 385 g/mol. The number of rotatable bonds is 3. The van der Waals surface area contributed by atoms with Gasteiger partial charge in [0.25, 0.3) is 0 Å². The number of amides is 1. The van der Waals surface area contributed by atoms with E-state index in [1.807, 2.05) is 18.2 Å². The Kier molecular flexibility index (Phi) is 4.44. The van der Waals surface area contributed by atoms with Gasteiger partial charge in [0.1, 0.15) is 0 Å². The van der Waals surface area contributed by atoms with Crippen LogP contribution in [0, 0.1) is 0 Å². The van der Waals surface area contributed by atoms with Crippen LogP contribution in [0.25, 0.3) is 0 Å². The highest BCUT2D eigenvalue weighted by Gasteiger charge is 2.36. The molecule has 1 fully saturated rings. The highest BCUT2D eigenvalue weighted by Crippen LogP contribution is 2.30. The Morgan fingerprint density at radius 2 is 1.67 bits per heavy atom. The first-order valence-corrected chi connectivity index (χ1v) is 10.6. The Hall–Kier alpha value is -2.38. The number of sulfonamides is 1. The molecule has 0 aliphatic carbocycles. The number of nitrogens with one attached hydrogen (secondary N) is 1. The van der Waals surface area contributed by atoms with E-state index in [9.17, 15) is 13.2 Å². The zero-order valence-electron chi connectivity index (χ0n) is 15.4. The molecule has 142 valence electrons. The van der Waals surface area contributed by atoms with Crippen LogP contribution >= 0.6 is 0 Å². The van der Waals surface area contributed by atoms with Crippen LogP contribution < -0.4 is 10.2 Å². The van der Waals surface area contributed by atoms with Crippen LogP contribution in [-0.2, 0) is 21.2 Å². The van der Waals surface area contributed by atoms with Gasteiger partial charge in [0.2, 0.25) is 15.9 Å². The second kappa shape index (κ2) is 6.65. The summed E-state index contributed by atoms with van der Waals surface area (Å²) in [5.41, 5.74) is 2.55. The molecular weight excluding hydrogens is 362 g/mol. The standard InChI is InChI=1S/C20H23N3O3S/c1-14-12-22(13-15(2)23(14)17-6-4-3-5-7-17)27(25,26)18-8-9-19-16(10-18)11-20(24)21-19/h3-10,14-15H,11-13H2,1-2H3,(H,21,24). The lowest BCUT2D eigenvalue weighted by atomic mass is 10.1. The summed E-state index contributed by atoms with van der Waals surface area (Å²) in [7, 11) is -3.60. The number of carbonyl (C=O) groups is 1. The maximum absolute atomic E-state index is 13.2. The Balaban J connectivity index is 1.59. The van der Waals surface area contributed by atoms with Crippen LogP contribution in [0.1, 0.15) is 19.4 Å². The van der Waals surface area contributed by atoms with Crippen molar-refractivity contribution in [2.45, 2.75) is 37.2 Å². The minimum Gasteiger partial charge on any atom is -0.363 e. The van der Waals surface area contributed by atoms with Crippen LogP contribution in [0.5, 0.6) is 0 Å². The number of anilines is 2. The highest BCUT2D eigenvalue weighted by atomic mass is 32.2. The molecule has 1 amide bonds. The first-order chi connectivity index (χ1) is 12.9. The van der Waals surface area contributed by atoms with Crippen LogP contribution in [0.3, 0.4) is 0 Å². The van der Waals surface area contributed by atoms with Crippen molar-refractivity contribution in [2.24, 2.45) is 0 Å². The molecule has 2 heterocycles. The summed E-state index contributed by atoms with van der Waals surface area (Å²) in [6, 6.07) is 15.1. The third-order valence-corrected chi connectivity index (χ3v) is 7.11. The van der Waals surface area contributed by atoms with E-state index in [2.05, 4.69) is 36.2 Å². The molecule has 2 aromatic rings. The molecule has 27 heavy (non-hydrogen) atoms. The fourth-order valence-electron chi connectivity index (χ4n) is 4.09. The average molecular weight is 385 g/mol. The van der Waals surface area contributed by atoms with Gasteiger partial charge in [-0.1, -0.05) is 18.2 Å². The SMILES string of the molecule is CC1CN(S(=O)(=O)c2ccc3c(c2)CC(=O)N3)CC(C)N1c1ccccc1. The highest BCUT2D eigenvalue weighted by molar-refractivity contribution is 7.89. The van der Waals surface area contributed by atoms with Gasteiger partial charge in [-0.15, -0.1) is 0 Å². The molecule has 2 aliphatic heterocycles. The van der Waals surface area contributed by atoms with Gasteiger partial charge in [0, 0.05) is 36.5 Å². The number of benzene rings is 2. The van der Waals surface area contributed by atoms with E-state index >= 15 is 0 Å². The molecule has 1 saturated heterocycles.